The molecule has 340 valence electrons. The largest absolute Gasteiger partial charge is 0.477 e. The van der Waals surface area contributed by atoms with E-state index in [9.17, 15) is 19.5 Å². The number of quaternary nitrogens is 1. The maximum absolute atomic E-state index is 12.7. The maximum Gasteiger partial charge on any atom is 0.362 e. The molecule has 0 amide bonds. The zero-order chi connectivity index (χ0) is 44.2. The first-order valence-corrected chi connectivity index (χ1v) is 23.3. The Hall–Kier alpha value is -3.75. The number of hydrogen-bond donors (Lipinski definition) is 1. The molecule has 2 unspecified atom stereocenters. The molecular weight excluding hydrogens is 751 g/mol. The van der Waals surface area contributed by atoms with Crippen LogP contribution in [-0.2, 0) is 28.6 Å². The van der Waals surface area contributed by atoms with Gasteiger partial charge in [0, 0.05) is 19.3 Å². The number of esters is 2. The monoisotopic (exact) mass is 837 g/mol. The van der Waals surface area contributed by atoms with Gasteiger partial charge in [-0.2, -0.15) is 0 Å². The summed E-state index contributed by atoms with van der Waals surface area (Å²) in [5.74, 6) is -1.59. The zero-order valence-corrected chi connectivity index (χ0v) is 38.6. The predicted molar refractivity (Wildman–Crippen MR) is 252 cm³/mol. The number of unbranched alkanes of at least 4 members (excludes halogenated alkanes) is 10. The Bertz CT molecular complexity index is 1300. The summed E-state index contributed by atoms with van der Waals surface area (Å²) >= 11 is 0. The Morgan fingerprint density at radius 2 is 0.950 bits per heavy atom. The van der Waals surface area contributed by atoms with E-state index in [0.29, 0.717) is 19.3 Å². The topological polar surface area (TPSA) is 99.1 Å². The highest BCUT2D eigenvalue weighted by atomic mass is 16.6. The average molecular weight is 837 g/mol. The number of ether oxygens (including phenoxy) is 3. The SMILES string of the molecule is CC/C=C/C/C=C/C/C=C/C/C=C/C/C=C/CCCCCC(=O)OCC(COCCC(C(=O)O)[N+](C)(C)C)OC(=O)CCC/C=C/C/C=C/C/C=C/CCCCCCCC. The second-order valence-electron chi connectivity index (χ2n) is 16.3. The Morgan fingerprint density at radius 1 is 0.517 bits per heavy atom. The van der Waals surface area contributed by atoms with E-state index < -0.39 is 18.1 Å². The lowest BCUT2D eigenvalue weighted by atomic mass is 10.1. The molecule has 60 heavy (non-hydrogen) atoms. The Labute approximate surface area is 366 Å². The zero-order valence-electron chi connectivity index (χ0n) is 38.6. The van der Waals surface area contributed by atoms with Gasteiger partial charge in [0.1, 0.15) is 6.61 Å². The van der Waals surface area contributed by atoms with Gasteiger partial charge >= 0.3 is 17.9 Å². The maximum atomic E-state index is 12.7. The van der Waals surface area contributed by atoms with Crippen molar-refractivity contribution in [2.24, 2.45) is 0 Å². The quantitative estimate of drug-likeness (QED) is 0.0284. The molecule has 0 aromatic rings. The summed E-state index contributed by atoms with van der Waals surface area (Å²) in [6, 6.07) is -0.634. The summed E-state index contributed by atoms with van der Waals surface area (Å²) in [7, 11) is 5.49. The number of carboxylic acid groups (broad SMARTS) is 1. The standard InChI is InChI=1S/C52H85NO7/c1-6-8-10-12-14-16-18-20-22-24-25-27-28-30-32-34-36-38-40-42-50(54)59-47-48(46-58-45-44-49(52(56)57)53(3,4)5)60-51(55)43-41-39-37-35-33-31-29-26-23-21-19-17-15-13-11-9-7-2/h8,10,14,16,20-23,25,27,29-32,35,37,48-49H,6-7,9,11-13,15,17-19,24,26,28,33-34,36,38-47H2,1-5H3/p+1/b10-8+,16-14+,22-20+,23-21+,27-25+,31-29+,32-30+,37-35+. The minimum atomic E-state index is -0.892. The fourth-order valence-electron chi connectivity index (χ4n) is 6.13. The fraction of sp³-hybridized carbons (Fsp3) is 0.635. The van der Waals surface area contributed by atoms with Gasteiger partial charge in [0.25, 0.3) is 0 Å². The van der Waals surface area contributed by atoms with Crippen LogP contribution in [-0.4, -0.2) is 80.6 Å². The smallest absolute Gasteiger partial charge is 0.362 e. The second kappa shape index (κ2) is 42.0. The van der Waals surface area contributed by atoms with Crippen molar-refractivity contribution < 1.29 is 38.2 Å². The van der Waals surface area contributed by atoms with Gasteiger partial charge in [-0.1, -0.05) is 150 Å². The van der Waals surface area contributed by atoms with Gasteiger partial charge in [-0.25, -0.2) is 4.79 Å². The molecule has 0 heterocycles. The van der Waals surface area contributed by atoms with Crippen molar-refractivity contribution in [3.63, 3.8) is 0 Å². The molecule has 0 fully saturated rings. The molecule has 2 atom stereocenters. The Balaban J connectivity index is 4.48. The van der Waals surface area contributed by atoms with Crippen LogP contribution in [0.2, 0.25) is 0 Å². The molecule has 0 aliphatic rings. The number of carboxylic acids is 1. The van der Waals surface area contributed by atoms with Gasteiger partial charge < -0.3 is 23.8 Å². The first-order valence-electron chi connectivity index (χ1n) is 23.3. The molecule has 0 aromatic carbocycles. The van der Waals surface area contributed by atoms with Crippen LogP contribution in [0.25, 0.3) is 0 Å². The van der Waals surface area contributed by atoms with Crippen LogP contribution in [0, 0.1) is 0 Å². The lowest BCUT2D eigenvalue weighted by Crippen LogP contribution is -2.50. The molecule has 1 N–H and O–H groups in total. The van der Waals surface area contributed by atoms with E-state index in [1.807, 2.05) is 21.1 Å². The van der Waals surface area contributed by atoms with Crippen molar-refractivity contribution in [1.82, 2.24) is 0 Å². The van der Waals surface area contributed by atoms with Crippen LogP contribution in [0.4, 0.5) is 0 Å². The number of carbonyl (C=O) groups is 3. The van der Waals surface area contributed by atoms with Crippen LogP contribution in [0.3, 0.4) is 0 Å². The summed E-state index contributed by atoms with van der Waals surface area (Å²) in [4.78, 5) is 37.0. The van der Waals surface area contributed by atoms with Gasteiger partial charge in [-0.05, 0) is 89.9 Å². The van der Waals surface area contributed by atoms with E-state index in [-0.39, 0.29) is 42.7 Å². The highest BCUT2D eigenvalue weighted by molar-refractivity contribution is 5.72. The van der Waals surface area contributed by atoms with Gasteiger partial charge in [0.2, 0.25) is 0 Å². The molecule has 8 nitrogen and oxygen atoms in total. The fourth-order valence-corrected chi connectivity index (χ4v) is 6.13. The third kappa shape index (κ3) is 39.7. The summed E-state index contributed by atoms with van der Waals surface area (Å²) < 4.78 is 17.2. The van der Waals surface area contributed by atoms with Crippen molar-refractivity contribution >= 4 is 17.9 Å². The van der Waals surface area contributed by atoms with Crippen LogP contribution in [0.1, 0.15) is 162 Å². The summed E-state index contributed by atoms with van der Waals surface area (Å²) in [5.41, 5.74) is 0. The third-order valence-corrected chi connectivity index (χ3v) is 9.72. The highest BCUT2D eigenvalue weighted by Gasteiger charge is 2.31. The molecule has 0 spiro atoms. The third-order valence-electron chi connectivity index (χ3n) is 9.72. The molecule has 0 radical (unpaired) electrons. The number of likely N-dealkylation sites (N-methyl/N-ethyl adjacent to an activating group) is 1. The van der Waals surface area contributed by atoms with Crippen molar-refractivity contribution in [1.29, 1.82) is 0 Å². The Morgan fingerprint density at radius 3 is 1.43 bits per heavy atom. The van der Waals surface area contributed by atoms with Crippen molar-refractivity contribution in [3.8, 4) is 0 Å². The van der Waals surface area contributed by atoms with Crippen LogP contribution in [0.5, 0.6) is 0 Å². The van der Waals surface area contributed by atoms with E-state index in [1.54, 1.807) is 0 Å². The number of carbonyl (C=O) groups excluding carboxylic acids is 2. The predicted octanol–water partition coefficient (Wildman–Crippen LogP) is 13.1. The van der Waals surface area contributed by atoms with E-state index >= 15 is 0 Å². The van der Waals surface area contributed by atoms with E-state index in [0.717, 1.165) is 77.0 Å². The van der Waals surface area contributed by atoms with E-state index in [4.69, 9.17) is 14.2 Å². The van der Waals surface area contributed by atoms with Crippen LogP contribution >= 0.6 is 0 Å². The number of allylic oxidation sites excluding steroid dienone is 16. The minimum Gasteiger partial charge on any atom is -0.477 e. The first-order chi connectivity index (χ1) is 29.1. The second-order valence-corrected chi connectivity index (χ2v) is 16.3. The van der Waals surface area contributed by atoms with Gasteiger partial charge in [0.15, 0.2) is 12.1 Å². The van der Waals surface area contributed by atoms with E-state index in [1.165, 1.54) is 44.9 Å². The molecule has 0 saturated heterocycles. The number of rotatable bonds is 40. The minimum absolute atomic E-state index is 0.0240. The van der Waals surface area contributed by atoms with Gasteiger partial charge in [0.05, 0.1) is 34.4 Å². The highest BCUT2D eigenvalue weighted by Crippen LogP contribution is 2.11. The molecule has 8 heteroatoms. The average Bonchev–Trinajstić information content (AvgIpc) is 3.21. The van der Waals surface area contributed by atoms with Crippen LogP contribution in [0.15, 0.2) is 97.2 Å². The summed E-state index contributed by atoms with van der Waals surface area (Å²) in [6.45, 7) is 4.51. The molecule has 0 bridgehead atoms. The van der Waals surface area contributed by atoms with Crippen molar-refractivity contribution in [2.75, 3.05) is 41.0 Å². The van der Waals surface area contributed by atoms with Crippen molar-refractivity contribution in [2.45, 2.75) is 174 Å². The molecule has 0 aromatic heterocycles. The summed E-state index contributed by atoms with van der Waals surface area (Å²) in [5, 5.41) is 9.63. The number of nitrogens with zero attached hydrogens (tertiary/aromatic N) is 1. The normalized spacial score (nSPS) is 13.8. The molecule has 0 saturated carbocycles. The van der Waals surface area contributed by atoms with Gasteiger partial charge in [-0.15, -0.1) is 0 Å². The molecular formula is C52H86NO7+. The number of aliphatic carboxylic acids is 1. The Kier molecular flexibility index (Phi) is 39.3. The lowest BCUT2D eigenvalue weighted by Gasteiger charge is -2.31. The molecule has 0 rings (SSSR count). The van der Waals surface area contributed by atoms with Gasteiger partial charge in [-0.3, -0.25) is 9.59 Å². The summed E-state index contributed by atoms with van der Waals surface area (Å²) in [6.07, 6.45) is 56.0. The first kappa shape index (κ1) is 56.2. The lowest BCUT2D eigenvalue weighted by molar-refractivity contribution is -0.887. The number of hydrogen-bond acceptors (Lipinski definition) is 6. The van der Waals surface area contributed by atoms with E-state index in [2.05, 4.69) is 111 Å². The molecule has 0 aliphatic carbocycles. The molecule has 0 aliphatic heterocycles. The van der Waals surface area contributed by atoms with Crippen molar-refractivity contribution in [3.05, 3.63) is 97.2 Å². The van der Waals surface area contributed by atoms with Crippen LogP contribution < -0.4 is 0 Å².